The van der Waals surface area contributed by atoms with E-state index in [9.17, 15) is 14.7 Å². The SMILES string of the molecule is CC1(C)CCCN(C(=O)CCn2ccnn2)C1C(=O)O. The normalized spacial score (nSPS) is 21.7. The summed E-state index contributed by atoms with van der Waals surface area (Å²) in [4.78, 5) is 25.3. The molecule has 7 heteroatoms. The average Bonchev–Trinajstić information content (AvgIpc) is 2.86. The molecule has 1 unspecified atom stereocenters. The van der Waals surface area contributed by atoms with Gasteiger partial charge in [-0.1, -0.05) is 19.1 Å². The molecule has 0 saturated carbocycles. The predicted molar refractivity (Wildman–Crippen MR) is 70.8 cm³/mol. The van der Waals surface area contributed by atoms with Gasteiger partial charge in [0.05, 0.1) is 12.7 Å². The van der Waals surface area contributed by atoms with Crippen molar-refractivity contribution in [2.24, 2.45) is 5.41 Å². The Kier molecular flexibility index (Phi) is 4.06. The van der Waals surface area contributed by atoms with Gasteiger partial charge in [-0.2, -0.15) is 0 Å². The summed E-state index contributed by atoms with van der Waals surface area (Å²) < 4.78 is 1.57. The monoisotopic (exact) mass is 280 g/mol. The van der Waals surface area contributed by atoms with Crippen LogP contribution in [0.15, 0.2) is 12.4 Å². The molecule has 1 amide bonds. The van der Waals surface area contributed by atoms with Crippen LogP contribution in [-0.2, 0) is 16.1 Å². The average molecular weight is 280 g/mol. The maximum Gasteiger partial charge on any atom is 0.326 e. The summed E-state index contributed by atoms with van der Waals surface area (Å²) in [7, 11) is 0. The van der Waals surface area contributed by atoms with Crippen molar-refractivity contribution in [3.63, 3.8) is 0 Å². The molecular weight excluding hydrogens is 260 g/mol. The van der Waals surface area contributed by atoms with Crippen LogP contribution in [0.2, 0.25) is 0 Å². The molecule has 1 atom stereocenters. The lowest BCUT2D eigenvalue weighted by atomic mass is 9.76. The van der Waals surface area contributed by atoms with Crippen LogP contribution in [0.3, 0.4) is 0 Å². The van der Waals surface area contributed by atoms with E-state index in [4.69, 9.17) is 0 Å². The van der Waals surface area contributed by atoms with Gasteiger partial charge in [0.2, 0.25) is 5.91 Å². The lowest BCUT2D eigenvalue weighted by Gasteiger charge is -2.44. The highest BCUT2D eigenvalue weighted by molar-refractivity contribution is 5.84. The van der Waals surface area contributed by atoms with Gasteiger partial charge in [0.1, 0.15) is 6.04 Å². The van der Waals surface area contributed by atoms with Crippen molar-refractivity contribution < 1.29 is 14.7 Å². The number of rotatable bonds is 4. The number of hydrogen-bond donors (Lipinski definition) is 1. The summed E-state index contributed by atoms with van der Waals surface area (Å²) in [6.07, 6.45) is 5.13. The van der Waals surface area contributed by atoms with Crippen LogP contribution < -0.4 is 0 Å². The zero-order valence-corrected chi connectivity index (χ0v) is 11.8. The molecule has 0 aliphatic carbocycles. The molecule has 1 fully saturated rings. The molecule has 0 spiro atoms. The van der Waals surface area contributed by atoms with Crippen LogP contribution in [0.1, 0.15) is 33.1 Å². The van der Waals surface area contributed by atoms with Crippen molar-refractivity contribution in [3.8, 4) is 0 Å². The topological polar surface area (TPSA) is 88.3 Å². The second-order valence-electron chi connectivity index (χ2n) is 5.84. The van der Waals surface area contributed by atoms with E-state index in [1.54, 1.807) is 17.1 Å². The number of nitrogens with zero attached hydrogens (tertiary/aromatic N) is 4. The van der Waals surface area contributed by atoms with Crippen molar-refractivity contribution in [1.82, 2.24) is 19.9 Å². The van der Waals surface area contributed by atoms with Crippen LogP contribution in [0.25, 0.3) is 0 Å². The number of aryl methyl sites for hydroxylation is 1. The maximum atomic E-state index is 12.3. The standard InChI is InChI=1S/C13H20N4O3/c1-13(2)5-3-7-17(11(13)12(19)20)10(18)4-8-16-9-6-14-15-16/h6,9,11H,3-5,7-8H2,1-2H3,(H,19,20). The van der Waals surface area contributed by atoms with E-state index >= 15 is 0 Å². The lowest BCUT2D eigenvalue weighted by Crippen LogP contribution is -2.56. The highest BCUT2D eigenvalue weighted by Crippen LogP contribution is 2.35. The Morgan fingerprint density at radius 2 is 2.20 bits per heavy atom. The summed E-state index contributed by atoms with van der Waals surface area (Å²) in [6, 6.07) is -0.750. The van der Waals surface area contributed by atoms with Crippen LogP contribution in [0, 0.1) is 5.41 Å². The molecule has 2 heterocycles. The van der Waals surface area contributed by atoms with Crippen LogP contribution >= 0.6 is 0 Å². The first-order chi connectivity index (χ1) is 9.42. The van der Waals surface area contributed by atoms with Crippen molar-refractivity contribution in [3.05, 3.63) is 12.4 Å². The van der Waals surface area contributed by atoms with Gasteiger partial charge in [-0.3, -0.25) is 9.48 Å². The third-order valence-corrected chi connectivity index (χ3v) is 3.85. The van der Waals surface area contributed by atoms with E-state index in [0.29, 0.717) is 13.1 Å². The maximum absolute atomic E-state index is 12.3. The predicted octanol–water partition coefficient (Wildman–Crippen LogP) is 0.770. The van der Waals surface area contributed by atoms with E-state index in [1.165, 1.54) is 4.90 Å². The number of aromatic nitrogens is 3. The molecule has 7 nitrogen and oxygen atoms in total. The quantitative estimate of drug-likeness (QED) is 0.880. The zero-order valence-electron chi connectivity index (χ0n) is 11.8. The number of carboxylic acid groups (broad SMARTS) is 1. The number of amides is 1. The van der Waals surface area contributed by atoms with E-state index in [0.717, 1.165) is 12.8 Å². The minimum absolute atomic E-state index is 0.138. The van der Waals surface area contributed by atoms with Crippen molar-refractivity contribution in [2.45, 2.75) is 45.7 Å². The summed E-state index contributed by atoms with van der Waals surface area (Å²) in [5, 5.41) is 16.9. The largest absolute Gasteiger partial charge is 0.480 e. The third kappa shape index (κ3) is 2.97. The smallest absolute Gasteiger partial charge is 0.326 e. The fraction of sp³-hybridized carbons (Fsp3) is 0.692. The van der Waals surface area contributed by atoms with Gasteiger partial charge in [-0.05, 0) is 18.3 Å². The van der Waals surface area contributed by atoms with E-state index in [2.05, 4.69) is 10.3 Å². The highest BCUT2D eigenvalue weighted by atomic mass is 16.4. The highest BCUT2D eigenvalue weighted by Gasteiger charge is 2.44. The van der Waals surface area contributed by atoms with E-state index < -0.39 is 17.4 Å². The van der Waals surface area contributed by atoms with Gasteiger partial charge in [0, 0.05) is 19.2 Å². The minimum Gasteiger partial charge on any atom is -0.480 e. The molecule has 1 aliphatic heterocycles. The van der Waals surface area contributed by atoms with Crippen LogP contribution in [0.4, 0.5) is 0 Å². The minimum atomic E-state index is -0.927. The first kappa shape index (κ1) is 14.5. The number of likely N-dealkylation sites (tertiary alicyclic amines) is 1. The van der Waals surface area contributed by atoms with Gasteiger partial charge in [-0.15, -0.1) is 5.10 Å². The van der Waals surface area contributed by atoms with Gasteiger partial charge >= 0.3 is 5.97 Å². The van der Waals surface area contributed by atoms with Gasteiger partial charge < -0.3 is 10.0 Å². The molecule has 1 aliphatic rings. The number of piperidine rings is 1. The Balaban J connectivity index is 2.04. The second-order valence-corrected chi connectivity index (χ2v) is 5.84. The molecule has 1 aromatic rings. The first-order valence-corrected chi connectivity index (χ1v) is 6.78. The number of carbonyl (C=O) groups is 2. The Labute approximate surface area is 117 Å². The first-order valence-electron chi connectivity index (χ1n) is 6.78. The van der Waals surface area contributed by atoms with Crippen molar-refractivity contribution in [1.29, 1.82) is 0 Å². The Morgan fingerprint density at radius 3 is 2.80 bits per heavy atom. The Morgan fingerprint density at radius 1 is 1.45 bits per heavy atom. The van der Waals surface area contributed by atoms with Crippen LogP contribution in [-0.4, -0.2) is 49.5 Å². The number of aliphatic carboxylic acids is 1. The number of hydrogen-bond acceptors (Lipinski definition) is 4. The fourth-order valence-corrected chi connectivity index (χ4v) is 2.83. The molecule has 110 valence electrons. The molecule has 0 aromatic carbocycles. The summed E-state index contributed by atoms with van der Waals surface area (Å²) >= 11 is 0. The molecule has 2 rings (SSSR count). The molecular formula is C13H20N4O3. The van der Waals surface area contributed by atoms with Gasteiger partial charge in [0.25, 0.3) is 0 Å². The summed E-state index contributed by atoms with van der Waals surface area (Å²) in [5.74, 6) is -1.07. The van der Waals surface area contributed by atoms with Crippen molar-refractivity contribution >= 4 is 11.9 Å². The van der Waals surface area contributed by atoms with Crippen molar-refractivity contribution in [2.75, 3.05) is 6.54 Å². The number of carboxylic acids is 1. The van der Waals surface area contributed by atoms with E-state index in [1.807, 2.05) is 13.8 Å². The zero-order chi connectivity index (χ0) is 14.8. The molecule has 1 saturated heterocycles. The second kappa shape index (κ2) is 5.60. The molecule has 1 aromatic heterocycles. The van der Waals surface area contributed by atoms with Crippen LogP contribution in [0.5, 0.6) is 0 Å². The van der Waals surface area contributed by atoms with E-state index in [-0.39, 0.29) is 12.3 Å². The summed E-state index contributed by atoms with van der Waals surface area (Å²) in [5.41, 5.74) is -0.396. The Bertz CT molecular complexity index is 484. The molecule has 0 radical (unpaired) electrons. The van der Waals surface area contributed by atoms with Gasteiger partial charge in [0.15, 0.2) is 0 Å². The lowest BCUT2D eigenvalue weighted by molar-refractivity contribution is -0.159. The summed E-state index contributed by atoms with van der Waals surface area (Å²) in [6.45, 7) is 4.74. The third-order valence-electron chi connectivity index (χ3n) is 3.85. The molecule has 0 bridgehead atoms. The Hall–Kier alpha value is -1.92. The molecule has 1 N–H and O–H groups in total. The fourth-order valence-electron chi connectivity index (χ4n) is 2.83. The van der Waals surface area contributed by atoms with Gasteiger partial charge in [-0.25, -0.2) is 4.79 Å². The molecule has 20 heavy (non-hydrogen) atoms. The number of carbonyl (C=O) groups excluding carboxylic acids is 1.